The van der Waals surface area contributed by atoms with Gasteiger partial charge in [0, 0.05) is 85.3 Å². The monoisotopic (exact) mass is 909 g/mol. The van der Waals surface area contributed by atoms with E-state index < -0.39 is 0 Å². The van der Waals surface area contributed by atoms with E-state index in [4.69, 9.17) is 9.82 Å². The zero-order valence-corrected chi connectivity index (χ0v) is 42.5. The number of nitrogens with one attached hydrogen (secondary N) is 2. The largest absolute Gasteiger partial charge is 0.508 e. The van der Waals surface area contributed by atoms with Crippen LogP contribution in [0.5, 0.6) is 5.75 Å². The van der Waals surface area contributed by atoms with Crippen LogP contribution in [0.1, 0.15) is 122 Å². The number of allylic oxidation sites excluding steroid dienone is 1. The summed E-state index contributed by atoms with van der Waals surface area (Å²) >= 11 is 0. The number of phenolic OH excluding ortho intramolecular Hbond substituents is 1. The molecule has 2 saturated heterocycles. The molecule has 0 radical (unpaired) electrons. The molecule has 4 aromatic rings. The average Bonchev–Trinajstić information content (AvgIpc) is 3.86. The number of aromatic nitrogens is 2. The lowest BCUT2D eigenvalue weighted by atomic mass is 9.79. The fraction of sp³-hybridized carbons (Fsp3) is 0.509. The normalized spacial score (nSPS) is 18.6. The van der Waals surface area contributed by atoms with E-state index in [-0.39, 0.29) is 34.8 Å². The van der Waals surface area contributed by atoms with E-state index in [0.717, 1.165) is 116 Å². The second kappa shape index (κ2) is 20.5. The summed E-state index contributed by atoms with van der Waals surface area (Å²) in [6.45, 7) is 39.0. The van der Waals surface area contributed by atoms with Gasteiger partial charge in [-0.1, -0.05) is 84.6 Å². The Labute approximate surface area is 402 Å². The van der Waals surface area contributed by atoms with Crippen LogP contribution in [0.25, 0.3) is 33.3 Å². The van der Waals surface area contributed by atoms with Crippen molar-refractivity contribution in [2.45, 2.75) is 143 Å². The molecule has 4 atom stereocenters. The molecule has 5 heterocycles. The number of hydrogen-bond acceptors (Lipinski definition) is 9. The third-order valence-corrected chi connectivity index (χ3v) is 14.7. The third kappa shape index (κ3) is 10.7. The van der Waals surface area contributed by atoms with Crippen molar-refractivity contribution in [2.24, 2.45) is 16.5 Å². The number of benzene rings is 2. The number of fused-ring (bicyclic) bond motifs is 1. The summed E-state index contributed by atoms with van der Waals surface area (Å²) in [6.07, 6.45) is 13.3. The molecule has 0 saturated carbocycles. The summed E-state index contributed by atoms with van der Waals surface area (Å²) in [5.74, 6) is 0.788. The van der Waals surface area contributed by atoms with Crippen LogP contribution in [0.15, 0.2) is 104 Å². The molecule has 3 N–H and O–H groups in total. The Bertz CT molecular complexity index is 2490. The highest BCUT2D eigenvalue weighted by atomic mass is 16.7. The third-order valence-electron chi connectivity index (χ3n) is 14.7. The molecule has 4 unspecified atom stereocenters. The van der Waals surface area contributed by atoms with Crippen LogP contribution in [0.3, 0.4) is 0 Å². The van der Waals surface area contributed by atoms with Crippen molar-refractivity contribution in [1.82, 2.24) is 35.1 Å². The first-order valence-electron chi connectivity index (χ1n) is 25.0. The number of aromatic hydroxyl groups is 1. The van der Waals surface area contributed by atoms with Gasteiger partial charge in [-0.2, -0.15) is 0 Å². The number of likely N-dealkylation sites (N-methyl/N-ethyl adjacent to an activating group) is 2. The molecule has 67 heavy (non-hydrogen) atoms. The van der Waals surface area contributed by atoms with Crippen molar-refractivity contribution in [3.63, 3.8) is 0 Å². The summed E-state index contributed by atoms with van der Waals surface area (Å²) < 4.78 is 2.51. The van der Waals surface area contributed by atoms with Crippen molar-refractivity contribution < 1.29 is 9.94 Å². The van der Waals surface area contributed by atoms with E-state index in [0.29, 0.717) is 18.4 Å². The highest BCUT2D eigenvalue weighted by Gasteiger charge is 2.48. The number of oxime groups is 1. The van der Waals surface area contributed by atoms with Gasteiger partial charge in [-0.05, 0) is 142 Å². The second-order valence-electron chi connectivity index (χ2n) is 21.3. The number of likely N-dealkylation sites (tertiary alicyclic amines) is 1. The van der Waals surface area contributed by atoms with Gasteiger partial charge in [0.25, 0.3) is 0 Å². The van der Waals surface area contributed by atoms with Crippen LogP contribution in [-0.4, -0.2) is 92.6 Å². The van der Waals surface area contributed by atoms with E-state index in [1.807, 2.05) is 37.7 Å². The molecule has 10 nitrogen and oxygen atoms in total. The Morgan fingerprint density at radius 3 is 2.49 bits per heavy atom. The Balaban J connectivity index is 1.33. The summed E-state index contributed by atoms with van der Waals surface area (Å²) in [5, 5.41) is 23.5. The number of hydrogen-bond donors (Lipinski definition) is 3. The van der Waals surface area contributed by atoms with E-state index in [1.165, 1.54) is 27.7 Å². The lowest BCUT2D eigenvalue weighted by Gasteiger charge is -2.43. The highest BCUT2D eigenvalue weighted by Crippen LogP contribution is 2.44. The first-order valence-corrected chi connectivity index (χ1v) is 25.0. The van der Waals surface area contributed by atoms with Gasteiger partial charge >= 0.3 is 0 Å². The molecular formula is C57H80N8O2. The Morgan fingerprint density at radius 1 is 1.07 bits per heavy atom. The first-order chi connectivity index (χ1) is 31.9. The van der Waals surface area contributed by atoms with Gasteiger partial charge in [-0.15, -0.1) is 6.58 Å². The van der Waals surface area contributed by atoms with Gasteiger partial charge < -0.3 is 29.7 Å². The maximum Gasteiger partial charge on any atom is 0.168 e. The fourth-order valence-electron chi connectivity index (χ4n) is 11.0. The van der Waals surface area contributed by atoms with Crippen LogP contribution in [0.4, 0.5) is 0 Å². The second-order valence-corrected chi connectivity index (χ2v) is 21.3. The maximum absolute atomic E-state index is 11.5. The van der Waals surface area contributed by atoms with Crippen LogP contribution >= 0.6 is 0 Å². The minimum absolute atomic E-state index is 0.0119. The average molecular weight is 909 g/mol. The minimum atomic E-state index is -0.233. The van der Waals surface area contributed by atoms with Crippen LogP contribution in [0, 0.1) is 11.3 Å². The molecule has 2 aromatic carbocycles. The maximum atomic E-state index is 11.5. The minimum Gasteiger partial charge on any atom is -0.508 e. The molecule has 2 fully saturated rings. The lowest BCUT2D eigenvalue weighted by Crippen LogP contribution is -2.60. The lowest BCUT2D eigenvalue weighted by molar-refractivity contribution is -0.116. The van der Waals surface area contributed by atoms with Crippen molar-refractivity contribution in [2.75, 3.05) is 33.7 Å². The van der Waals surface area contributed by atoms with Gasteiger partial charge in [0.05, 0.1) is 29.2 Å². The van der Waals surface area contributed by atoms with Crippen LogP contribution in [-0.2, 0) is 24.2 Å². The number of phenols is 1. The fourth-order valence-corrected chi connectivity index (χ4v) is 11.0. The molecule has 0 amide bonds. The SMILES string of the molecule is C=CCCC(C)(C)Cc1c(-c2cc(C3=NOC4(C3)CN(C)C4)cnc2C(C)CC)n(CC)c2ccc(-c3cc(O)cc(CC(NC(=C)C(C(C)C)N(C)C=C)C(=C)N4CCCC(C)N4)c3)cc12. The summed E-state index contributed by atoms with van der Waals surface area (Å²) in [5.41, 5.74) is 16.4. The molecule has 7 rings (SSSR count). The van der Waals surface area contributed by atoms with Crippen molar-refractivity contribution >= 4 is 16.6 Å². The Kier molecular flexibility index (Phi) is 15.2. The molecule has 1 spiro atoms. The molecule has 360 valence electrons. The predicted octanol–water partition coefficient (Wildman–Crippen LogP) is 11.6. The smallest absolute Gasteiger partial charge is 0.168 e. The van der Waals surface area contributed by atoms with E-state index in [2.05, 4.69) is 154 Å². The number of hydrazine groups is 1. The topological polar surface area (TPSA) is 93.4 Å². The predicted molar refractivity (Wildman–Crippen MR) is 280 cm³/mol. The van der Waals surface area contributed by atoms with Gasteiger partial charge in [0.15, 0.2) is 5.60 Å². The van der Waals surface area contributed by atoms with Crippen molar-refractivity contribution in [3.8, 4) is 28.1 Å². The van der Waals surface area contributed by atoms with Gasteiger partial charge in [0.1, 0.15) is 5.75 Å². The number of aryl methyl sites for hydroxylation is 1. The van der Waals surface area contributed by atoms with Crippen molar-refractivity contribution in [3.05, 3.63) is 121 Å². The number of pyridine rings is 1. The zero-order chi connectivity index (χ0) is 48.4. The Morgan fingerprint density at radius 2 is 1.84 bits per heavy atom. The molecule has 0 bridgehead atoms. The Hall–Kier alpha value is -5.32. The summed E-state index contributed by atoms with van der Waals surface area (Å²) in [6, 6.07) is 15.5. The van der Waals surface area contributed by atoms with E-state index in [1.54, 1.807) is 0 Å². The van der Waals surface area contributed by atoms with Gasteiger partial charge in [0.2, 0.25) is 0 Å². The van der Waals surface area contributed by atoms with Crippen LogP contribution < -0.4 is 10.7 Å². The zero-order valence-electron chi connectivity index (χ0n) is 42.5. The summed E-state index contributed by atoms with van der Waals surface area (Å²) in [7, 11) is 4.18. The highest BCUT2D eigenvalue weighted by molar-refractivity contribution is 6.03. The van der Waals surface area contributed by atoms with Crippen LogP contribution in [0.2, 0.25) is 0 Å². The number of nitrogens with zero attached hydrogens (tertiary/aromatic N) is 6. The molecule has 0 aliphatic carbocycles. The van der Waals surface area contributed by atoms with E-state index >= 15 is 0 Å². The summed E-state index contributed by atoms with van der Waals surface area (Å²) in [4.78, 5) is 15.8. The van der Waals surface area contributed by atoms with E-state index in [9.17, 15) is 5.11 Å². The molecule has 3 aliphatic rings. The van der Waals surface area contributed by atoms with Gasteiger partial charge in [-0.25, -0.2) is 5.43 Å². The first kappa shape index (κ1) is 49.6. The molecule has 3 aliphatic heterocycles. The molecular weight excluding hydrogens is 829 g/mol. The standard InChI is InChI=1S/C57H80N8O2/c1-15-19-24-56(11,12)32-49-47-30-43(22-23-52(47)64(18-4)55(49)48-31-45(34-58-53(48)38(7)16-2)51-33-57(67-61-51)35-62(13)36-57)44-26-42(27-46(66)29-44)28-50(41(10)65-25-20-21-39(8)60-65)59-40(9)54(37(5)6)63(14)17-3/h15,17,22-23,26-27,29-31,34,37-39,50,54,59-60,66H,1,3,9-10,16,18-21,24-25,28,32-33,35-36H2,2,4-8,11-14H3. The van der Waals surface area contributed by atoms with Crippen molar-refractivity contribution in [1.29, 1.82) is 0 Å². The molecule has 2 aromatic heterocycles. The quantitative estimate of drug-likeness (QED) is 0.0712. The number of rotatable bonds is 21. The molecule has 10 heteroatoms. The van der Waals surface area contributed by atoms with Gasteiger partial charge in [-0.3, -0.25) is 9.88 Å².